The largest absolute Gasteiger partial charge is 0.306 e. The molecule has 0 amide bonds. The van der Waals surface area contributed by atoms with Crippen molar-refractivity contribution < 1.29 is 4.21 Å². The third-order valence-corrected chi connectivity index (χ3v) is 3.79. The van der Waals surface area contributed by atoms with Gasteiger partial charge in [0.05, 0.1) is 10.8 Å². The van der Waals surface area contributed by atoms with E-state index in [1.807, 2.05) is 16.3 Å². The van der Waals surface area contributed by atoms with Crippen LogP contribution in [-0.4, -0.2) is 35.7 Å². The molecule has 0 radical (unpaired) electrons. The molecule has 0 unspecified atom stereocenters. The van der Waals surface area contributed by atoms with Crippen LogP contribution < -0.4 is 0 Å². The second-order valence-electron chi connectivity index (χ2n) is 4.22. The minimum absolute atomic E-state index is 0.263. The van der Waals surface area contributed by atoms with E-state index in [9.17, 15) is 4.21 Å². The minimum atomic E-state index is -1.05. The Hall–Kier alpha value is -0.360. The highest BCUT2D eigenvalue weighted by Gasteiger charge is 2.12. The highest BCUT2D eigenvalue weighted by atomic mass is 32.2. The summed E-state index contributed by atoms with van der Waals surface area (Å²) in [5, 5.41) is 8.16. The fraction of sp³-hybridized carbons (Fsp3) is 0.778. The van der Waals surface area contributed by atoms with Crippen molar-refractivity contribution in [1.29, 1.82) is 0 Å². The molecule has 1 aromatic rings. The molecule has 0 fully saturated rings. The standard InChI is InChI=1S/C9H17N3OS2/c1-9(2,3)14-6-5-12-7-10-11-8(12)15(4)13/h7H,5-6H2,1-4H3/t15-/m0/s1. The summed E-state index contributed by atoms with van der Waals surface area (Å²) in [7, 11) is -1.05. The Morgan fingerprint density at radius 2 is 2.20 bits per heavy atom. The zero-order valence-electron chi connectivity index (χ0n) is 9.56. The normalized spacial score (nSPS) is 14.1. The van der Waals surface area contributed by atoms with E-state index in [-0.39, 0.29) is 4.75 Å². The molecule has 0 N–H and O–H groups in total. The van der Waals surface area contributed by atoms with E-state index in [1.165, 1.54) is 0 Å². The Bertz CT molecular complexity index is 343. The maximum absolute atomic E-state index is 11.3. The SMILES string of the molecule is C[S@](=O)c1nncn1CCSC(C)(C)C. The lowest BCUT2D eigenvalue weighted by atomic mass is 10.3. The van der Waals surface area contributed by atoms with Crippen molar-refractivity contribution in [2.75, 3.05) is 12.0 Å². The van der Waals surface area contributed by atoms with Crippen LogP contribution in [0, 0.1) is 0 Å². The summed E-state index contributed by atoms with van der Waals surface area (Å²) in [6.07, 6.45) is 3.26. The van der Waals surface area contributed by atoms with Gasteiger partial charge < -0.3 is 4.57 Å². The van der Waals surface area contributed by atoms with E-state index < -0.39 is 10.8 Å². The number of thioether (sulfide) groups is 1. The van der Waals surface area contributed by atoms with Gasteiger partial charge in [-0.2, -0.15) is 11.8 Å². The third-order valence-electron chi connectivity index (χ3n) is 1.70. The van der Waals surface area contributed by atoms with Crippen molar-refractivity contribution in [3.05, 3.63) is 6.33 Å². The van der Waals surface area contributed by atoms with Crippen molar-refractivity contribution in [3.8, 4) is 0 Å². The molecule has 6 heteroatoms. The van der Waals surface area contributed by atoms with E-state index in [0.29, 0.717) is 5.16 Å². The van der Waals surface area contributed by atoms with Gasteiger partial charge in [-0.15, -0.1) is 10.2 Å². The lowest BCUT2D eigenvalue weighted by Crippen LogP contribution is -2.12. The molecule has 0 bridgehead atoms. The fourth-order valence-corrected chi connectivity index (χ4v) is 2.60. The number of hydrogen-bond donors (Lipinski definition) is 0. The lowest BCUT2D eigenvalue weighted by molar-refractivity contribution is 0.644. The number of rotatable bonds is 4. The monoisotopic (exact) mass is 247 g/mol. The van der Waals surface area contributed by atoms with Gasteiger partial charge in [-0.1, -0.05) is 20.8 Å². The Labute approximate surface area is 97.3 Å². The second kappa shape index (κ2) is 5.12. The first-order valence-electron chi connectivity index (χ1n) is 4.75. The van der Waals surface area contributed by atoms with Crippen LogP contribution in [0.15, 0.2) is 11.5 Å². The summed E-state index contributed by atoms with van der Waals surface area (Å²) >= 11 is 1.88. The Balaban J connectivity index is 2.51. The summed E-state index contributed by atoms with van der Waals surface area (Å²) in [5.41, 5.74) is 0. The number of aryl methyl sites for hydroxylation is 1. The van der Waals surface area contributed by atoms with Crippen molar-refractivity contribution in [1.82, 2.24) is 14.8 Å². The van der Waals surface area contributed by atoms with E-state index in [1.54, 1.807) is 12.6 Å². The molecule has 1 atom stereocenters. The molecular formula is C9H17N3OS2. The van der Waals surface area contributed by atoms with Gasteiger partial charge in [0.25, 0.3) is 0 Å². The number of hydrogen-bond acceptors (Lipinski definition) is 4. The molecule has 1 rings (SSSR count). The fourth-order valence-electron chi connectivity index (χ4n) is 1.07. The first kappa shape index (κ1) is 12.7. The van der Waals surface area contributed by atoms with Gasteiger partial charge in [-0.25, -0.2) is 0 Å². The van der Waals surface area contributed by atoms with Crippen LogP contribution in [0.3, 0.4) is 0 Å². The Kier molecular flexibility index (Phi) is 4.33. The quantitative estimate of drug-likeness (QED) is 0.810. The summed E-state index contributed by atoms with van der Waals surface area (Å²) in [4.78, 5) is 0. The predicted octanol–water partition coefficient (Wildman–Crippen LogP) is 1.55. The topological polar surface area (TPSA) is 47.8 Å². The van der Waals surface area contributed by atoms with Crippen molar-refractivity contribution in [3.63, 3.8) is 0 Å². The van der Waals surface area contributed by atoms with Gasteiger partial charge in [0.15, 0.2) is 0 Å². The van der Waals surface area contributed by atoms with Gasteiger partial charge in [-0.05, 0) is 0 Å². The zero-order valence-corrected chi connectivity index (χ0v) is 11.2. The van der Waals surface area contributed by atoms with E-state index in [4.69, 9.17) is 0 Å². The predicted molar refractivity (Wildman–Crippen MR) is 64.6 cm³/mol. The average Bonchev–Trinajstić information content (AvgIpc) is 2.49. The first-order valence-corrected chi connectivity index (χ1v) is 7.30. The molecule has 0 saturated heterocycles. The summed E-state index contributed by atoms with van der Waals surface area (Å²) in [6.45, 7) is 7.36. The van der Waals surface area contributed by atoms with Crippen molar-refractivity contribution in [2.24, 2.45) is 0 Å². The van der Waals surface area contributed by atoms with Crippen molar-refractivity contribution in [2.45, 2.75) is 37.2 Å². The van der Waals surface area contributed by atoms with Crippen LogP contribution >= 0.6 is 11.8 Å². The highest BCUT2D eigenvalue weighted by molar-refractivity contribution is 8.00. The van der Waals surface area contributed by atoms with Gasteiger partial charge in [0, 0.05) is 23.3 Å². The zero-order chi connectivity index (χ0) is 11.5. The van der Waals surface area contributed by atoms with Crippen LogP contribution in [0.1, 0.15) is 20.8 Å². The third kappa shape index (κ3) is 4.34. The maximum atomic E-state index is 11.3. The maximum Gasteiger partial charge on any atom is 0.221 e. The molecule has 86 valence electrons. The van der Waals surface area contributed by atoms with Gasteiger partial charge in [-0.3, -0.25) is 4.21 Å². The molecule has 0 saturated carbocycles. The van der Waals surface area contributed by atoms with Gasteiger partial charge in [0.1, 0.15) is 6.33 Å². The smallest absolute Gasteiger partial charge is 0.221 e. The Morgan fingerprint density at radius 3 is 2.73 bits per heavy atom. The lowest BCUT2D eigenvalue weighted by Gasteiger charge is -2.17. The van der Waals surface area contributed by atoms with Crippen molar-refractivity contribution >= 4 is 22.6 Å². The molecular weight excluding hydrogens is 230 g/mol. The highest BCUT2D eigenvalue weighted by Crippen LogP contribution is 2.23. The van der Waals surface area contributed by atoms with Crippen LogP contribution in [0.5, 0.6) is 0 Å². The molecule has 1 heterocycles. The van der Waals surface area contributed by atoms with Crippen LogP contribution in [0.25, 0.3) is 0 Å². The molecule has 4 nitrogen and oxygen atoms in total. The minimum Gasteiger partial charge on any atom is -0.306 e. The molecule has 1 aromatic heterocycles. The molecule has 0 aliphatic rings. The van der Waals surface area contributed by atoms with Crippen LogP contribution in [0.2, 0.25) is 0 Å². The number of aromatic nitrogens is 3. The van der Waals surface area contributed by atoms with Gasteiger partial charge >= 0.3 is 0 Å². The molecule has 0 aliphatic heterocycles. The number of nitrogens with zero attached hydrogens (tertiary/aromatic N) is 3. The molecule has 0 aliphatic carbocycles. The van der Waals surface area contributed by atoms with Gasteiger partial charge in [0.2, 0.25) is 5.16 Å². The Morgan fingerprint density at radius 1 is 1.53 bits per heavy atom. The summed E-state index contributed by atoms with van der Waals surface area (Å²) < 4.78 is 13.4. The van der Waals surface area contributed by atoms with Crippen LogP contribution in [-0.2, 0) is 17.3 Å². The van der Waals surface area contributed by atoms with Crippen LogP contribution in [0.4, 0.5) is 0 Å². The van der Waals surface area contributed by atoms with E-state index >= 15 is 0 Å². The first-order chi connectivity index (χ1) is 6.90. The summed E-state index contributed by atoms with van der Waals surface area (Å²) in [6, 6.07) is 0. The second-order valence-corrected chi connectivity index (χ2v) is 7.42. The molecule has 0 spiro atoms. The summed E-state index contributed by atoms with van der Waals surface area (Å²) in [5.74, 6) is 0.978. The molecule has 0 aromatic carbocycles. The molecule has 15 heavy (non-hydrogen) atoms. The van der Waals surface area contributed by atoms with E-state index in [2.05, 4.69) is 31.0 Å². The van der Waals surface area contributed by atoms with E-state index in [0.717, 1.165) is 12.3 Å². The average molecular weight is 247 g/mol.